The van der Waals surface area contributed by atoms with Crippen molar-refractivity contribution in [2.24, 2.45) is 0 Å². The van der Waals surface area contributed by atoms with Crippen molar-refractivity contribution >= 4 is 28.9 Å². The minimum absolute atomic E-state index is 0.626. The molecule has 17 heavy (non-hydrogen) atoms. The highest BCUT2D eigenvalue weighted by atomic mass is 35.5. The summed E-state index contributed by atoms with van der Waals surface area (Å²) in [6.45, 7) is 4.68. The predicted molar refractivity (Wildman–Crippen MR) is 71.9 cm³/mol. The van der Waals surface area contributed by atoms with Crippen LogP contribution in [0.15, 0.2) is 18.2 Å². The number of halogens is 2. The van der Waals surface area contributed by atoms with Crippen LogP contribution in [-0.4, -0.2) is 10.2 Å². The van der Waals surface area contributed by atoms with Gasteiger partial charge in [-0.05, 0) is 32.0 Å². The third kappa shape index (κ3) is 2.93. The van der Waals surface area contributed by atoms with E-state index >= 15 is 0 Å². The van der Waals surface area contributed by atoms with E-state index in [9.17, 15) is 0 Å². The lowest BCUT2D eigenvalue weighted by Gasteiger charge is -2.07. The Kier molecular flexibility index (Phi) is 3.60. The third-order valence-corrected chi connectivity index (χ3v) is 3.05. The summed E-state index contributed by atoms with van der Waals surface area (Å²) >= 11 is 11.9. The normalized spacial score (nSPS) is 10.6. The number of benzene rings is 1. The minimum Gasteiger partial charge on any atom is -0.381 e. The molecule has 0 amide bonds. The van der Waals surface area contributed by atoms with Gasteiger partial charge in [0, 0.05) is 33.5 Å². The Hall–Kier alpha value is -1.19. The molecule has 0 saturated carbocycles. The summed E-state index contributed by atoms with van der Waals surface area (Å²) < 4.78 is 0. The summed E-state index contributed by atoms with van der Waals surface area (Å²) in [7, 11) is 0. The van der Waals surface area contributed by atoms with Crippen molar-refractivity contribution < 1.29 is 0 Å². The first-order chi connectivity index (χ1) is 8.06. The SMILES string of the molecule is Cc1n[nH]c(C)c1CNc1cc(Cl)cc(Cl)c1. The molecule has 3 nitrogen and oxygen atoms in total. The zero-order valence-corrected chi connectivity index (χ0v) is 11.2. The fraction of sp³-hybridized carbons (Fsp3) is 0.250. The molecule has 0 aliphatic heterocycles. The maximum absolute atomic E-state index is 5.93. The van der Waals surface area contributed by atoms with E-state index in [0.717, 1.165) is 17.1 Å². The number of aromatic nitrogens is 2. The Morgan fingerprint density at radius 2 is 1.82 bits per heavy atom. The summed E-state index contributed by atoms with van der Waals surface area (Å²) in [4.78, 5) is 0. The average Bonchev–Trinajstić information content (AvgIpc) is 2.55. The largest absolute Gasteiger partial charge is 0.381 e. The molecule has 90 valence electrons. The molecule has 0 bridgehead atoms. The molecule has 0 fully saturated rings. The molecule has 0 aliphatic rings. The zero-order valence-electron chi connectivity index (χ0n) is 9.64. The first kappa shape index (κ1) is 12.3. The van der Waals surface area contributed by atoms with E-state index in [-0.39, 0.29) is 0 Å². The van der Waals surface area contributed by atoms with Crippen LogP contribution in [0.4, 0.5) is 5.69 Å². The summed E-state index contributed by atoms with van der Waals surface area (Å²) in [5.74, 6) is 0. The summed E-state index contributed by atoms with van der Waals surface area (Å²) in [5.41, 5.74) is 4.15. The Labute approximate surface area is 110 Å². The fourth-order valence-corrected chi connectivity index (χ4v) is 2.21. The van der Waals surface area contributed by atoms with E-state index in [2.05, 4.69) is 15.5 Å². The molecule has 0 spiro atoms. The highest BCUT2D eigenvalue weighted by Gasteiger charge is 2.06. The van der Waals surface area contributed by atoms with Crippen molar-refractivity contribution in [3.05, 3.63) is 45.2 Å². The number of aromatic amines is 1. The standard InChI is InChI=1S/C12H13Cl2N3/c1-7-12(8(2)17-16-7)6-15-11-4-9(13)3-10(14)5-11/h3-5,15H,6H2,1-2H3,(H,16,17). The van der Waals surface area contributed by atoms with Gasteiger partial charge < -0.3 is 5.32 Å². The van der Waals surface area contributed by atoms with Gasteiger partial charge in [0.25, 0.3) is 0 Å². The van der Waals surface area contributed by atoms with Crippen LogP contribution in [0.2, 0.25) is 10.0 Å². The van der Waals surface area contributed by atoms with Crippen LogP contribution in [-0.2, 0) is 6.54 Å². The molecule has 0 aliphatic carbocycles. The lowest BCUT2D eigenvalue weighted by atomic mass is 10.2. The second kappa shape index (κ2) is 4.98. The van der Waals surface area contributed by atoms with Gasteiger partial charge in [0.1, 0.15) is 0 Å². The van der Waals surface area contributed by atoms with E-state index in [1.165, 1.54) is 5.56 Å². The molecule has 0 radical (unpaired) electrons. The molecule has 2 aromatic rings. The van der Waals surface area contributed by atoms with Crippen LogP contribution >= 0.6 is 23.2 Å². The number of rotatable bonds is 3. The Bertz CT molecular complexity index is 495. The summed E-state index contributed by atoms with van der Waals surface area (Å²) in [6.07, 6.45) is 0. The second-order valence-electron chi connectivity index (χ2n) is 3.92. The monoisotopic (exact) mass is 269 g/mol. The van der Waals surface area contributed by atoms with E-state index in [1.54, 1.807) is 6.07 Å². The van der Waals surface area contributed by atoms with Crippen LogP contribution in [0.3, 0.4) is 0 Å². The number of nitrogens with one attached hydrogen (secondary N) is 2. The highest BCUT2D eigenvalue weighted by Crippen LogP contribution is 2.23. The fourth-order valence-electron chi connectivity index (χ4n) is 1.68. The van der Waals surface area contributed by atoms with Crippen LogP contribution in [0.25, 0.3) is 0 Å². The lowest BCUT2D eigenvalue weighted by Crippen LogP contribution is -2.01. The van der Waals surface area contributed by atoms with Gasteiger partial charge in [0.2, 0.25) is 0 Å². The zero-order chi connectivity index (χ0) is 12.4. The first-order valence-electron chi connectivity index (χ1n) is 5.26. The van der Waals surface area contributed by atoms with Gasteiger partial charge in [0.05, 0.1) is 5.69 Å². The predicted octanol–water partition coefficient (Wildman–Crippen LogP) is 3.95. The molecule has 1 aromatic heterocycles. The van der Waals surface area contributed by atoms with E-state index in [4.69, 9.17) is 23.2 Å². The molecule has 1 aromatic carbocycles. The van der Waals surface area contributed by atoms with Gasteiger partial charge in [0.15, 0.2) is 0 Å². The van der Waals surface area contributed by atoms with Crippen molar-refractivity contribution in [1.29, 1.82) is 0 Å². The maximum atomic E-state index is 5.93. The van der Waals surface area contributed by atoms with Crippen LogP contribution in [0.1, 0.15) is 17.0 Å². The van der Waals surface area contributed by atoms with Gasteiger partial charge in [-0.25, -0.2) is 0 Å². The van der Waals surface area contributed by atoms with Crippen LogP contribution in [0, 0.1) is 13.8 Å². The number of nitrogens with zero attached hydrogens (tertiary/aromatic N) is 1. The van der Waals surface area contributed by atoms with E-state index < -0.39 is 0 Å². The summed E-state index contributed by atoms with van der Waals surface area (Å²) in [5, 5.41) is 11.6. The van der Waals surface area contributed by atoms with Crippen LogP contribution < -0.4 is 5.32 Å². The number of aryl methyl sites for hydroxylation is 2. The number of anilines is 1. The Balaban J connectivity index is 2.12. The van der Waals surface area contributed by atoms with Gasteiger partial charge in [-0.15, -0.1) is 0 Å². The minimum atomic E-state index is 0.626. The molecular formula is C12H13Cl2N3. The van der Waals surface area contributed by atoms with Gasteiger partial charge in [-0.2, -0.15) is 5.10 Å². The molecule has 5 heteroatoms. The molecule has 2 rings (SSSR count). The van der Waals surface area contributed by atoms with E-state index in [0.29, 0.717) is 16.6 Å². The lowest BCUT2D eigenvalue weighted by molar-refractivity contribution is 1.02. The quantitative estimate of drug-likeness (QED) is 0.886. The third-order valence-electron chi connectivity index (χ3n) is 2.61. The first-order valence-corrected chi connectivity index (χ1v) is 6.02. The molecule has 1 heterocycles. The van der Waals surface area contributed by atoms with E-state index in [1.807, 2.05) is 26.0 Å². The molecular weight excluding hydrogens is 257 g/mol. The summed E-state index contributed by atoms with van der Waals surface area (Å²) in [6, 6.07) is 5.40. The maximum Gasteiger partial charge on any atom is 0.0643 e. The Morgan fingerprint density at radius 1 is 1.18 bits per heavy atom. The van der Waals surface area contributed by atoms with Crippen molar-refractivity contribution in [2.75, 3.05) is 5.32 Å². The van der Waals surface area contributed by atoms with Gasteiger partial charge in [-0.1, -0.05) is 23.2 Å². The molecule has 0 unspecified atom stereocenters. The van der Waals surface area contributed by atoms with Crippen molar-refractivity contribution in [1.82, 2.24) is 10.2 Å². The van der Waals surface area contributed by atoms with Crippen molar-refractivity contribution in [3.63, 3.8) is 0 Å². The van der Waals surface area contributed by atoms with Crippen molar-refractivity contribution in [2.45, 2.75) is 20.4 Å². The topological polar surface area (TPSA) is 40.7 Å². The molecule has 2 N–H and O–H groups in total. The highest BCUT2D eigenvalue weighted by molar-refractivity contribution is 6.35. The Morgan fingerprint density at radius 3 is 2.35 bits per heavy atom. The second-order valence-corrected chi connectivity index (χ2v) is 4.80. The number of hydrogen-bond acceptors (Lipinski definition) is 2. The van der Waals surface area contributed by atoms with Crippen molar-refractivity contribution in [3.8, 4) is 0 Å². The number of hydrogen-bond donors (Lipinski definition) is 2. The smallest absolute Gasteiger partial charge is 0.0643 e. The van der Waals surface area contributed by atoms with Gasteiger partial charge >= 0.3 is 0 Å². The molecule has 0 atom stereocenters. The molecule has 0 saturated heterocycles. The average molecular weight is 270 g/mol. The number of H-pyrrole nitrogens is 1. The van der Waals surface area contributed by atoms with Gasteiger partial charge in [-0.3, -0.25) is 5.10 Å². The van der Waals surface area contributed by atoms with Crippen LogP contribution in [0.5, 0.6) is 0 Å².